The molecule has 0 fully saturated rings. The van der Waals surface area contributed by atoms with Crippen molar-refractivity contribution in [2.75, 3.05) is 0 Å². The van der Waals surface area contributed by atoms with Crippen LogP contribution in [0.3, 0.4) is 0 Å². The van der Waals surface area contributed by atoms with E-state index in [1.165, 1.54) is 0 Å². The summed E-state index contributed by atoms with van der Waals surface area (Å²) in [4.78, 5) is 27.2. The van der Waals surface area contributed by atoms with Gasteiger partial charge in [-0.1, -0.05) is 72.8 Å². The van der Waals surface area contributed by atoms with Gasteiger partial charge in [-0.15, -0.1) is 0 Å². The predicted molar refractivity (Wildman–Crippen MR) is 205 cm³/mol. The lowest BCUT2D eigenvalue weighted by Crippen LogP contribution is -2.22. The summed E-state index contributed by atoms with van der Waals surface area (Å²) in [7, 11) is 0. The number of hydrogen-bond acceptors (Lipinski definition) is 6. The van der Waals surface area contributed by atoms with Crippen LogP contribution in [0.25, 0.3) is 11.1 Å². The second-order valence-electron chi connectivity index (χ2n) is 14.4. The van der Waals surface area contributed by atoms with Crippen LogP contribution < -0.4 is 18.9 Å². The van der Waals surface area contributed by atoms with Gasteiger partial charge in [0.25, 0.3) is 0 Å². The number of para-hydroxylation sites is 2. The van der Waals surface area contributed by atoms with Gasteiger partial charge in [0.05, 0.1) is 11.1 Å². The largest absolute Gasteiger partial charge is 0.488 e. The molecule has 6 aromatic rings. The van der Waals surface area contributed by atoms with Crippen LogP contribution in [0.5, 0.6) is 34.5 Å². The number of benzene rings is 6. The molecule has 0 radical (unpaired) electrons. The summed E-state index contributed by atoms with van der Waals surface area (Å²) in [5, 5.41) is 0. The maximum Gasteiger partial charge on any atom is 0.196 e. The van der Waals surface area contributed by atoms with E-state index in [1.807, 2.05) is 163 Å². The molecule has 0 aliphatic carbocycles. The van der Waals surface area contributed by atoms with E-state index in [-0.39, 0.29) is 22.8 Å². The minimum absolute atomic E-state index is 0.147. The fourth-order valence-electron chi connectivity index (χ4n) is 5.54. The van der Waals surface area contributed by atoms with Crippen molar-refractivity contribution < 1.29 is 28.5 Å². The van der Waals surface area contributed by atoms with Gasteiger partial charge in [-0.2, -0.15) is 0 Å². The standard InChI is InChI=1S/C46H42O6/c1-45(2,3)51-37-27-23-35(24-28-37)49-41-13-9-7-11-39(41)43(47)33-19-15-31(16-20-33)32-17-21-34(22-18-32)44(48)40-12-8-10-14-42(40)50-36-25-29-38(30-26-36)52-46(4,5)6/h7-30H,1-6H3. The summed E-state index contributed by atoms with van der Waals surface area (Å²) in [5.41, 5.74) is 3.22. The molecule has 0 aliphatic heterocycles. The topological polar surface area (TPSA) is 71.1 Å². The molecule has 0 saturated heterocycles. The van der Waals surface area contributed by atoms with Gasteiger partial charge >= 0.3 is 0 Å². The van der Waals surface area contributed by atoms with Crippen LogP contribution in [0, 0.1) is 0 Å². The quantitative estimate of drug-likeness (QED) is 0.126. The number of carbonyl (C=O) groups is 2. The van der Waals surface area contributed by atoms with Gasteiger partial charge in [0.15, 0.2) is 11.6 Å². The molecule has 0 atom stereocenters. The minimum atomic E-state index is -0.306. The molecule has 0 saturated carbocycles. The van der Waals surface area contributed by atoms with Crippen molar-refractivity contribution in [3.05, 3.63) is 168 Å². The van der Waals surface area contributed by atoms with E-state index in [9.17, 15) is 9.59 Å². The summed E-state index contributed by atoms with van der Waals surface area (Å²) < 4.78 is 24.1. The van der Waals surface area contributed by atoms with E-state index in [0.29, 0.717) is 45.3 Å². The van der Waals surface area contributed by atoms with Gasteiger partial charge in [0.1, 0.15) is 45.7 Å². The zero-order chi connectivity index (χ0) is 36.9. The average Bonchev–Trinajstić information content (AvgIpc) is 3.12. The summed E-state index contributed by atoms with van der Waals surface area (Å²) in [5.74, 6) is 3.33. The second kappa shape index (κ2) is 15.0. The fraction of sp³-hybridized carbons (Fsp3) is 0.174. The van der Waals surface area contributed by atoms with Crippen molar-refractivity contribution in [1.82, 2.24) is 0 Å². The Morgan fingerprint density at radius 2 is 0.692 bits per heavy atom. The molecule has 6 aromatic carbocycles. The molecular weight excluding hydrogens is 648 g/mol. The third-order valence-electron chi connectivity index (χ3n) is 7.84. The molecule has 0 unspecified atom stereocenters. The van der Waals surface area contributed by atoms with Crippen LogP contribution in [0.2, 0.25) is 0 Å². The van der Waals surface area contributed by atoms with Gasteiger partial charge in [0.2, 0.25) is 0 Å². The van der Waals surface area contributed by atoms with Crippen LogP contribution in [-0.4, -0.2) is 22.8 Å². The highest BCUT2D eigenvalue weighted by Crippen LogP contribution is 2.32. The van der Waals surface area contributed by atoms with Crippen LogP contribution in [-0.2, 0) is 0 Å². The lowest BCUT2D eigenvalue weighted by molar-refractivity contribution is 0.102. The van der Waals surface area contributed by atoms with Gasteiger partial charge in [-0.25, -0.2) is 0 Å². The molecule has 262 valence electrons. The molecule has 0 spiro atoms. The fourth-order valence-corrected chi connectivity index (χ4v) is 5.54. The maximum absolute atomic E-state index is 13.6. The molecule has 0 aliphatic rings. The van der Waals surface area contributed by atoms with Crippen LogP contribution in [0.1, 0.15) is 73.4 Å². The molecule has 6 nitrogen and oxygen atoms in total. The van der Waals surface area contributed by atoms with Crippen molar-refractivity contribution in [2.45, 2.75) is 52.7 Å². The highest BCUT2D eigenvalue weighted by atomic mass is 16.5. The van der Waals surface area contributed by atoms with E-state index in [0.717, 1.165) is 22.6 Å². The van der Waals surface area contributed by atoms with Crippen molar-refractivity contribution in [1.29, 1.82) is 0 Å². The Labute approximate surface area is 305 Å². The van der Waals surface area contributed by atoms with Crippen LogP contribution >= 0.6 is 0 Å². The van der Waals surface area contributed by atoms with Crippen molar-refractivity contribution >= 4 is 11.6 Å². The number of carbonyl (C=O) groups excluding carboxylic acids is 2. The van der Waals surface area contributed by atoms with E-state index in [2.05, 4.69) is 0 Å². The first-order chi connectivity index (χ1) is 24.8. The third kappa shape index (κ3) is 9.15. The first-order valence-electron chi connectivity index (χ1n) is 17.2. The van der Waals surface area contributed by atoms with E-state index < -0.39 is 0 Å². The number of ether oxygens (including phenoxy) is 4. The molecule has 52 heavy (non-hydrogen) atoms. The summed E-state index contributed by atoms with van der Waals surface area (Å²) in [6.07, 6.45) is 0. The molecular formula is C46H42O6. The predicted octanol–water partition coefficient (Wildman–Crippen LogP) is 11.8. The smallest absolute Gasteiger partial charge is 0.196 e. The zero-order valence-corrected chi connectivity index (χ0v) is 30.3. The van der Waals surface area contributed by atoms with E-state index >= 15 is 0 Å². The zero-order valence-electron chi connectivity index (χ0n) is 30.3. The summed E-state index contributed by atoms with van der Waals surface area (Å²) in [6, 6.07) is 44.0. The number of rotatable bonds is 11. The Hall–Kier alpha value is -6.14. The van der Waals surface area contributed by atoms with Gasteiger partial charge in [0, 0.05) is 11.1 Å². The first-order valence-corrected chi connectivity index (χ1v) is 17.2. The van der Waals surface area contributed by atoms with E-state index in [1.54, 1.807) is 24.3 Å². The Kier molecular flexibility index (Phi) is 10.3. The van der Waals surface area contributed by atoms with E-state index in [4.69, 9.17) is 18.9 Å². The third-order valence-corrected chi connectivity index (χ3v) is 7.84. The molecule has 0 aromatic heterocycles. The molecule has 0 heterocycles. The average molecular weight is 691 g/mol. The lowest BCUT2D eigenvalue weighted by Gasteiger charge is -2.21. The molecule has 0 N–H and O–H groups in total. The number of ketones is 2. The van der Waals surface area contributed by atoms with Gasteiger partial charge in [-0.05, 0) is 125 Å². The Bertz CT molecular complexity index is 1990. The molecule has 0 bridgehead atoms. The van der Waals surface area contributed by atoms with Crippen LogP contribution in [0.4, 0.5) is 0 Å². The normalized spacial score (nSPS) is 11.4. The Balaban J connectivity index is 1.13. The summed E-state index contributed by atoms with van der Waals surface area (Å²) in [6.45, 7) is 12.0. The SMILES string of the molecule is CC(C)(C)Oc1ccc(Oc2ccccc2C(=O)c2ccc(-c3ccc(C(=O)c4ccccc4Oc4ccc(OC(C)(C)C)cc4)cc3)cc2)cc1. The summed E-state index contributed by atoms with van der Waals surface area (Å²) >= 11 is 0. The minimum Gasteiger partial charge on any atom is -0.488 e. The first kappa shape index (κ1) is 35.7. The maximum atomic E-state index is 13.6. The lowest BCUT2D eigenvalue weighted by atomic mass is 9.97. The Morgan fingerprint density at radius 3 is 1.02 bits per heavy atom. The van der Waals surface area contributed by atoms with Crippen molar-refractivity contribution in [3.63, 3.8) is 0 Å². The van der Waals surface area contributed by atoms with Gasteiger partial charge in [-0.3, -0.25) is 9.59 Å². The second-order valence-corrected chi connectivity index (χ2v) is 14.4. The molecule has 6 rings (SSSR count). The highest BCUT2D eigenvalue weighted by molar-refractivity contribution is 6.11. The monoisotopic (exact) mass is 690 g/mol. The van der Waals surface area contributed by atoms with Gasteiger partial charge < -0.3 is 18.9 Å². The molecule has 0 amide bonds. The highest BCUT2D eigenvalue weighted by Gasteiger charge is 2.18. The van der Waals surface area contributed by atoms with Crippen LogP contribution in [0.15, 0.2) is 146 Å². The van der Waals surface area contributed by atoms with Crippen molar-refractivity contribution in [2.24, 2.45) is 0 Å². The van der Waals surface area contributed by atoms with Crippen molar-refractivity contribution in [3.8, 4) is 45.6 Å². The molecule has 6 heteroatoms. The number of hydrogen-bond donors (Lipinski definition) is 0. The Morgan fingerprint density at radius 1 is 0.385 bits per heavy atom.